The first-order valence-electron chi connectivity index (χ1n) is 14.8. The number of hydrogen-bond donors (Lipinski definition) is 0. The van der Waals surface area contributed by atoms with Crippen LogP contribution in [0.2, 0.25) is 0 Å². The SMILES string of the molecule is CC1=CC(C)(C23CC4CC(CC(C4)C2)C3)C=[C-]1.C[C](=[Zr+2])c1ccccc1.[Cl-].[Cl-].[c-]1cccc2c1Cc1ccccc1-2. The molecular formula is C38H40Cl2Zr-2. The van der Waals surface area contributed by atoms with E-state index >= 15 is 0 Å². The summed E-state index contributed by atoms with van der Waals surface area (Å²) in [5.41, 5.74) is 9.18. The zero-order valence-corrected chi connectivity index (χ0v) is 28.5. The van der Waals surface area contributed by atoms with Gasteiger partial charge in [0.25, 0.3) is 0 Å². The Kier molecular flexibility index (Phi) is 10.6. The Morgan fingerprint density at radius 3 is 1.95 bits per heavy atom. The third-order valence-electron chi connectivity index (χ3n) is 10.1. The van der Waals surface area contributed by atoms with Crippen LogP contribution in [-0.4, -0.2) is 3.21 Å². The summed E-state index contributed by atoms with van der Waals surface area (Å²) in [6.07, 6.45) is 18.6. The molecule has 0 aromatic heterocycles. The van der Waals surface area contributed by atoms with Crippen molar-refractivity contribution in [2.75, 3.05) is 0 Å². The largest absolute Gasteiger partial charge is 1.00 e. The van der Waals surface area contributed by atoms with Crippen LogP contribution in [0.4, 0.5) is 0 Å². The summed E-state index contributed by atoms with van der Waals surface area (Å²) in [5, 5.41) is 0. The first kappa shape index (κ1) is 32.4. The quantitative estimate of drug-likeness (QED) is 0.290. The number of benzene rings is 3. The average Bonchev–Trinajstić information content (AvgIpc) is 3.49. The molecule has 0 spiro atoms. The van der Waals surface area contributed by atoms with Crippen LogP contribution in [0.25, 0.3) is 11.1 Å². The van der Waals surface area contributed by atoms with Gasteiger partial charge in [-0.05, 0) is 68.1 Å². The molecule has 1 unspecified atom stereocenters. The predicted octanol–water partition coefficient (Wildman–Crippen LogP) is 3.37. The topological polar surface area (TPSA) is 0 Å². The molecule has 4 bridgehead atoms. The summed E-state index contributed by atoms with van der Waals surface area (Å²) in [4.78, 5) is 0. The molecule has 0 saturated heterocycles. The van der Waals surface area contributed by atoms with Crippen LogP contribution in [0.3, 0.4) is 0 Å². The van der Waals surface area contributed by atoms with Crippen LogP contribution >= 0.6 is 0 Å². The molecule has 3 aromatic carbocycles. The molecule has 0 heterocycles. The fraction of sp³-hybridized carbons (Fsp3) is 0.395. The van der Waals surface area contributed by atoms with Crippen LogP contribution in [0.15, 0.2) is 90.5 Å². The van der Waals surface area contributed by atoms with Gasteiger partial charge in [-0.25, -0.2) is 11.6 Å². The maximum atomic E-state index is 3.47. The Morgan fingerprint density at radius 1 is 0.805 bits per heavy atom. The van der Waals surface area contributed by atoms with Gasteiger partial charge in [0.1, 0.15) is 0 Å². The second-order valence-electron chi connectivity index (χ2n) is 13.0. The van der Waals surface area contributed by atoms with E-state index in [4.69, 9.17) is 0 Å². The second-order valence-corrected chi connectivity index (χ2v) is 14.8. The first-order valence-corrected chi connectivity index (χ1v) is 16.1. The second kappa shape index (κ2) is 13.4. The van der Waals surface area contributed by atoms with Gasteiger partial charge < -0.3 is 24.8 Å². The zero-order valence-electron chi connectivity index (χ0n) is 24.5. The smallest absolute Gasteiger partial charge is 0.0253 e. The van der Waals surface area contributed by atoms with Crippen molar-refractivity contribution in [1.82, 2.24) is 0 Å². The van der Waals surface area contributed by atoms with E-state index in [0.717, 1.165) is 24.2 Å². The standard InChI is InChI=1S/C17H23.C13H9.C8H8.2ClH.Zr/c1-12-3-4-16(2,8-12)17-9-13-5-14(10-17)7-15(6-13)11-17;1-3-7-12-10(5-1)9-11-6-2-4-8-13(11)12;1-2-8-6-4-3-5-7-8;;;/h4,8,13-15H,5-7,9-11H2,1-2H3;1-5,7-8H,9H2;3-7H,1H3;2*1H;/q2*-1;;;;+2/p-2. The molecule has 1 atom stereocenters. The van der Waals surface area contributed by atoms with Gasteiger partial charge in [-0.3, -0.25) is 6.08 Å². The first-order chi connectivity index (χ1) is 18.8. The van der Waals surface area contributed by atoms with Crippen molar-refractivity contribution in [3.8, 4) is 11.1 Å². The predicted molar refractivity (Wildman–Crippen MR) is 160 cm³/mol. The molecule has 3 aromatic rings. The third-order valence-corrected chi connectivity index (χ3v) is 10.8. The van der Waals surface area contributed by atoms with E-state index in [1.54, 1.807) is 19.3 Å². The maximum absolute atomic E-state index is 3.47. The van der Waals surface area contributed by atoms with Crippen molar-refractivity contribution in [3.05, 3.63) is 119 Å². The Hall–Kier alpha value is -1.53. The Bertz CT molecular complexity index is 1340. The molecule has 0 amide bonds. The summed E-state index contributed by atoms with van der Waals surface area (Å²) >= 11 is 1.51. The number of allylic oxidation sites excluding steroid dienone is 4. The van der Waals surface area contributed by atoms with Crippen LogP contribution in [-0.2, 0) is 30.7 Å². The Morgan fingerprint density at radius 2 is 1.39 bits per heavy atom. The minimum atomic E-state index is 0. The summed E-state index contributed by atoms with van der Waals surface area (Å²) < 4.78 is 1.46. The normalized spacial score (nSPS) is 28.9. The maximum Gasteiger partial charge on any atom is -0.0253 e. The Balaban J connectivity index is 0.000000145. The van der Waals surface area contributed by atoms with Gasteiger partial charge in [-0.2, -0.15) is 35.9 Å². The van der Waals surface area contributed by atoms with Gasteiger partial charge in [0.2, 0.25) is 0 Å². The van der Waals surface area contributed by atoms with Gasteiger partial charge in [-0.15, -0.1) is 5.56 Å². The fourth-order valence-electron chi connectivity index (χ4n) is 8.56. The number of halogens is 2. The minimum Gasteiger partial charge on any atom is -1.00 e. The van der Waals surface area contributed by atoms with Crippen LogP contribution in [0.5, 0.6) is 0 Å². The van der Waals surface area contributed by atoms with E-state index in [9.17, 15) is 0 Å². The van der Waals surface area contributed by atoms with Crippen molar-refractivity contribution < 1.29 is 49.0 Å². The van der Waals surface area contributed by atoms with Crippen molar-refractivity contribution >= 4 is 3.21 Å². The summed E-state index contributed by atoms with van der Waals surface area (Å²) in [5.74, 6) is 3.17. The van der Waals surface area contributed by atoms with Crippen molar-refractivity contribution in [1.29, 1.82) is 0 Å². The van der Waals surface area contributed by atoms with E-state index in [0.29, 0.717) is 10.8 Å². The molecule has 4 saturated carbocycles. The average molecular weight is 659 g/mol. The monoisotopic (exact) mass is 656 g/mol. The molecule has 0 nitrogen and oxygen atoms in total. The molecular weight excluding hydrogens is 619 g/mol. The van der Waals surface area contributed by atoms with Gasteiger partial charge >= 0.3 is 70.3 Å². The van der Waals surface area contributed by atoms with Gasteiger partial charge in [0.05, 0.1) is 0 Å². The van der Waals surface area contributed by atoms with Crippen LogP contribution in [0.1, 0.15) is 76.0 Å². The van der Waals surface area contributed by atoms with Gasteiger partial charge in [0.15, 0.2) is 0 Å². The van der Waals surface area contributed by atoms with E-state index in [1.807, 2.05) is 12.1 Å². The van der Waals surface area contributed by atoms with E-state index < -0.39 is 0 Å². The summed E-state index contributed by atoms with van der Waals surface area (Å²) in [7, 11) is 0. The molecule has 0 aliphatic heterocycles. The molecule has 212 valence electrons. The number of rotatable bonds is 2. The van der Waals surface area contributed by atoms with Crippen molar-refractivity contribution in [2.24, 2.45) is 28.6 Å². The van der Waals surface area contributed by atoms with Crippen molar-refractivity contribution in [2.45, 2.75) is 65.7 Å². The summed E-state index contributed by atoms with van der Waals surface area (Å²) in [6, 6.07) is 28.6. The minimum absolute atomic E-state index is 0. The van der Waals surface area contributed by atoms with E-state index in [2.05, 4.69) is 106 Å². The number of hydrogen-bond acceptors (Lipinski definition) is 0. The zero-order chi connectivity index (χ0) is 27.0. The molecule has 6 aliphatic carbocycles. The van der Waals surface area contributed by atoms with E-state index in [1.165, 1.54) is 80.1 Å². The molecule has 9 rings (SSSR count). The third kappa shape index (κ3) is 6.69. The van der Waals surface area contributed by atoms with Crippen LogP contribution in [0, 0.1) is 40.7 Å². The van der Waals surface area contributed by atoms with Gasteiger partial charge in [-0.1, -0.05) is 54.7 Å². The molecule has 0 N–H and O–H groups in total. The van der Waals surface area contributed by atoms with Crippen molar-refractivity contribution in [3.63, 3.8) is 0 Å². The molecule has 6 aliphatic rings. The Labute approximate surface area is 275 Å². The van der Waals surface area contributed by atoms with Gasteiger partial charge in [0, 0.05) is 0 Å². The molecule has 3 heteroatoms. The molecule has 0 radical (unpaired) electrons. The molecule has 4 fully saturated rings. The fourth-order valence-corrected chi connectivity index (χ4v) is 8.97. The van der Waals surface area contributed by atoms with E-state index in [-0.39, 0.29) is 24.8 Å². The summed E-state index contributed by atoms with van der Waals surface area (Å²) in [6.45, 7) is 6.85. The molecule has 41 heavy (non-hydrogen) atoms. The van der Waals surface area contributed by atoms with Crippen LogP contribution < -0.4 is 24.8 Å². The number of fused-ring (bicyclic) bond motifs is 3.